The summed E-state index contributed by atoms with van der Waals surface area (Å²) in [5.41, 5.74) is 3.56. The van der Waals surface area contributed by atoms with E-state index in [-0.39, 0.29) is 5.91 Å². The SMILES string of the molecule is O=C(c1ccc(CCn2ccc3ncnc-3c2)nc1)N(C1CCCC1)C1CCCC1. The summed E-state index contributed by atoms with van der Waals surface area (Å²) < 4.78 is 2.11. The minimum absolute atomic E-state index is 0.183. The molecule has 1 aromatic heterocycles. The van der Waals surface area contributed by atoms with Crippen LogP contribution in [0.25, 0.3) is 11.4 Å². The number of nitrogens with zero attached hydrogens (tertiary/aromatic N) is 5. The molecule has 0 aromatic carbocycles. The first-order chi connectivity index (χ1) is 14.8. The predicted molar refractivity (Wildman–Crippen MR) is 115 cm³/mol. The average Bonchev–Trinajstić information content (AvgIpc) is 3.55. The maximum atomic E-state index is 13.4. The summed E-state index contributed by atoms with van der Waals surface area (Å²) in [5.74, 6) is 0.183. The van der Waals surface area contributed by atoms with Crippen molar-refractivity contribution in [2.45, 2.75) is 76.4 Å². The molecule has 4 aliphatic rings. The standard InChI is InChI=1S/C24H29N5O/c30-24(29(20-5-1-2-6-20)21-7-3-4-8-21)18-9-10-19(25-15-18)11-13-28-14-12-22-23(16-28)27-17-26-22/h9-10,12,14-17,20-21H,1-8,11,13H2. The van der Waals surface area contributed by atoms with Crippen LogP contribution in [0, 0.1) is 0 Å². The zero-order valence-corrected chi connectivity index (χ0v) is 17.4. The minimum atomic E-state index is 0.183. The van der Waals surface area contributed by atoms with Gasteiger partial charge in [0, 0.05) is 49.3 Å². The molecule has 6 heteroatoms. The van der Waals surface area contributed by atoms with Crippen molar-refractivity contribution in [2.75, 3.05) is 0 Å². The highest BCUT2D eigenvalue weighted by Gasteiger charge is 2.34. The lowest BCUT2D eigenvalue weighted by Gasteiger charge is -2.34. The number of fused-ring (bicyclic) bond motifs is 1. The third-order valence-electron chi connectivity index (χ3n) is 6.74. The van der Waals surface area contributed by atoms with Crippen molar-refractivity contribution < 1.29 is 4.79 Å². The highest BCUT2D eigenvalue weighted by molar-refractivity contribution is 5.94. The summed E-state index contributed by atoms with van der Waals surface area (Å²) in [5, 5.41) is 0. The van der Waals surface area contributed by atoms with Gasteiger partial charge in [0.15, 0.2) is 0 Å². The lowest BCUT2D eigenvalue weighted by Crippen LogP contribution is -2.45. The second kappa shape index (κ2) is 8.54. The topological polar surface area (TPSA) is 63.9 Å². The first-order valence-corrected chi connectivity index (χ1v) is 11.3. The molecule has 3 heterocycles. The fraction of sp³-hybridized carbons (Fsp3) is 0.500. The Kier molecular flexibility index (Phi) is 5.47. The van der Waals surface area contributed by atoms with E-state index in [9.17, 15) is 4.79 Å². The molecule has 30 heavy (non-hydrogen) atoms. The number of carbonyl (C=O) groups is 1. The molecule has 0 atom stereocenters. The molecule has 2 saturated carbocycles. The Morgan fingerprint density at radius 2 is 1.63 bits per heavy atom. The van der Waals surface area contributed by atoms with Crippen molar-refractivity contribution in [1.82, 2.24) is 24.4 Å². The second-order valence-corrected chi connectivity index (χ2v) is 8.70. The summed E-state index contributed by atoms with van der Waals surface area (Å²) in [7, 11) is 0. The van der Waals surface area contributed by atoms with E-state index in [1.807, 2.05) is 30.6 Å². The smallest absolute Gasteiger partial charge is 0.255 e. The van der Waals surface area contributed by atoms with E-state index in [4.69, 9.17) is 0 Å². The Bertz CT molecular complexity index is 938. The summed E-state index contributed by atoms with van der Waals surface area (Å²) in [6.07, 6.45) is 17.8. The number of hydrogen-bond donors (Lipinski definition) is 0. The Hall–Kier alpha value is -2.76. The van der Waals surface area contributed by atoms with Crippen molar-refractivity contribution in [1.29, 1.82) is 0 Å². The third kappa shape index (κ3) is 3.95. The molecular weight excluding hydrogens is 374 g/mol. The maximum absolute atomic E-state index is 13.4. The Morgan fingerprint density at radius 1 is 0.933 bits per heavy atom. The van der Waals surface area contributed by atoms with Gasteiger partial charge in [0.2, 0.25) is 0 Å². The van der Waals surface area contributed by atoms with Crippen LogP contribution in [0.3, 0.4) is 0 Å². The number of hydrogen-bond acceptors (Lipinski definition) is 4. The first-order valence-electron chi connectivity index (χ1n) is 11.3. The second-order valence-electron chi connectivity index (χ2n) is 8.70. The lowest BCUT2D eigenvalue weighted by atomic mass is 10.1. The summed E-state index contributed by atoms with van der Waals surface area (Å²) in [6, 6.07) is 6.81. The van der Waals surface area contributed by atoms with E-state index >= 15 is 0 Å². The van der Waals surface area contributed by atoms with E-state index in [1.54, 1.807) is 12.5 Å². The number of aromatic nitrogens is 4. The zero-order valence-electron chi connectivity index (χ0n) is 17.4. The molecule has 6 nitrogen and oxygen atoms in total. The molecule has 0 radical (unpaired) electrons. The van der Waals surface area contributed by atoms with E-state index < -0.39 is 0 Å². The molecule has 2 aliphatic heterocycles. The average molecular weight is 404 g/mol. The van der Waals surface area contributed by atoms with Crippen molar-refractivity contribution >= 4 is 5.91 Å². The quantitative estimate of drug-likeness (QED) is 0.614. The Morgan fingerprint density at radius 3 is 2.30 bits per heavy atom. The number of amides is 1. The fourth-order valence-corrected chi connectivity index (χ4v) is 5.11. The fourth-order valence-electron chi connectivity index (χ4n) is 5.11. The van der Waals surface area contributed by atoms with Crippen molar-refractivity contribution in [3.63, 3.8) is 0 Å². The van der Waals surface area contributed by atoms with Crippen LogP contribution in [0.2, 0.25) is 0 Å². The molecule has 0 spiro atoms. The number of pyridine rings is 2. The molecule has 0 saturated heterocycles. The van der Waals surface area contributed by atoms with E-state index in [1.165, 1.54) is 25.7 Å². The number of aryl methyl sites for hydroxylation is 2. The largest absolute Gasteiger partial charge is 0.352 e. The van der Waals surface area contributed by atoms with Gasteiger partial charge < -0.3 is 9.47 Å². The van der Waals surface area contributed by atoms with Crippen LogP contribution >= 0.6 is 0 Å². The molecule has 0 unspecified atom stereocenters. The van der Waals surface area contributed by atoms with Gasteiger partial charge in [-0.25, -0.2) is 9.97 Å². The van der Waals surface area contributed by atoms with Gasteiger partial charge >= 0.3 is 0 Å². The minimum Gasteiger partial charge on any atom is -0.352 e. The van der Waals surface area contributed by atoms with Crippen LogP contribution in [0.15, 0.2) is 43.1 Å². The summed E-state index contributed by atoms with van der Waals surface area (Å²) in [6.45, 7) is 0.819. The van der Waals surface area contributed by atoms with Crippen molar-refractivity contribution in [3.05, 3.63) is 54.4 Å². The molecular formula is C24H29N5O. The van der Waals surface area contributed by atoms with Gasteiger partial charge in [0.1, 0.15) is 12.0 Å². The highest BCUT2D eigenvalue weighted by atomic mass is 16.2. The number of carbonyl (C=O) groups excluding carboxylic acids is 1. The van der Waals surface area contributed by atoms with Crippen LogP contribution in [0.5, 0.6) is 0 Å². The van der Waals surface area contributed by atoms with Crippen molar-refractivity contribution in [2.24, 2.45) is 0 Å². The highest BCUT2D eigenvalue weighted by Crippen LogP contribution is 2.32. The van der Waals surface area contributed by atoms with Gasteiger partial charge in [0.25, 0.3) is 5.91 Å². The van der Waals surface area contributed by atoms with Crippen LogP contribution in [-0.2, 0) is 13.0 Å². The number of imidazole rings is 1. The van der Waals surface area contributed by atoms with Gasteiger partial charge in [-0.2, -0.15) is 0 Å². The molecule has 0 N–H and O–H groups in total. The molecule has 2 aliphatic carbocycles. The number of rotatable bonds is 6. The molecule has 2 fully saturated rings. The van der Waals surface area contributed by atoms with E-state index in [0.717, 1.165) is 61.3 Å². The predicted octanol–water partition coefficient (Wildman–Crippen LogP) is 4.35. The molecule has 0 bridgehead atoms. The lowest BCUT2D eigenvalue weighted by molar-refractivity contribution is 0.0580. The van der Waals surface area contributed by atoms with Gasteiger partial charge in [-0.1, -0.05) is 25.7 Å². The van der Waals surface area contributed by atoms with Gasteiger partial charge in [-0.05, 0) is 43.9 Å². The maximum Gasteiger partial charge on any atom is 0.255 e. The van der Waals surface area contributed by atoms with Gasteiger partial charge in [0.05, 0.1) is 11.3 Å². The summed E-state index contributed by atoms with van der Waals surface area (Å²) in [4.78, 5) is 28.7. The van der Waals surface area contributed by atoms with Crippen molar-refractivity contribution in [3.8, 4) is 11.4 Å². The Labute approximate surface area is 177 Å². The normalized spacial score (nSPS) is 17.7. The van der Waals surface area contributed by atoms with Crippen LogP contribution in [0.4, 0.5) is 0 Å². The van der Waals surface area contributed by atoms with Crippen LogP contribution < -0.4 is 0 Å². The van der Waals surface area contributed by atoms with E-state index in [0.29, 0.717) is 12.1 Å². The molecule has 5 rings (SSSR count). The Balaban J connectivity index is 1.26. The zero-order chi connectivity index (χ0) is 20.3. The molecule has 1 amide bonds. The van der Waals surface area contributed by atoms with E-state index in [2.05, 4.69) is 24.4 Å². The van der Waals surface area contributed by atoms with Gasteiger partial charge in [-0.15, -0.1) is 0 Å². The van der Waals surface area contributed by atoms with Crippen LogP contribution in [0.1, 0.15) is 67.4 Å². The molecule has 156 valence electrons. The van der Waals surface area contributed by atoms with Gasteiger partial charge in [-0.3, -0.25) is 9.78 Å². The molecule has 1 aromatic rings. The first kappa shape index (κ1) is 19.2. The monoisotopic (exact) mass is 403 g/mol. The van der Waals surface area contributed by atoms with Crippen LogP contribution in [-0.4, -0.2) is 42.4 Å². The third-order valence-corrected chi connectivity index (χ3v) is 6.74. The summed E-state index contributed by atoms with van der Waals surface area (Å²) >= 11 is 0.